The normalized spacial score (nSPS) is 10.3. The molecule has 0 radical (unpaired) electrons. The number of unbranched alkanes of at least 4 members (excludes halogenated alkanes) is 1. The van der Waals surface area contributed by atoms with E-state index in [1.54, 1.807) is 12.4 Å². The van der Waals surface area contributed by atoms with Crippen LogP contribution >= 0.6 is 0 Å². The van der Waals surface area contributed by atoms with Crippen molar-refractivity contribution in [3.63, 3.8) is 0 Å². The molecule has 1 N–H and O–H groups in total. The molecule has 0 unspecified atom stereocenters. The van der Waals surface area contributed by atoms with Gasteiger partial charge in [-0.1, -0.05) is 13.3 Å². The van der Waals surface area contributed by atoms with Gasteiger partial charge in [0.05, 0.1) is 11.9 Å². The molecule has 2 heterocycles. The first-order valence-electron chi connectivity index (χ1n) is 5.58. The fourth-order valence-corrected chi connectivity index (χ4v) is 1.51. The average Bonchev–Trinajstić information content (AvgIpc) is 2.75. The number of aryl methyl sites for hydroxylation is 1. The Morgan fingerprint density at radius 3 is 3.06 bits per heavy atom. The molecule has 2 aromatic rings. The molecule has 2 aromatic heterocycles. The number of aromatic nitrogens is 3. The first-order valence-corrected chi connectivity index (χ1v) is 5.58. The predicted molar refractivity (Wildman–Crippen MR) is 64.7 cm³/mol. The SMILES string of the molecule is CCCCn1ccnc1Nc1cccnc1. The van der Waals surface area contributed by atoms with Crippen molar-refractivity contribution in [2.45, 2.75) is 26.3 Å². The minimum Gasteiger partial charge on any atom is -0.324 e. The van der Waals surface area contributed by atoms with Gasteiger partial charge < -0.3 is 9.88 Å². The molecule has 0 bridgehead atoms. The Balaban J connectivity index is 2.07. The van der Waals surface area contributed by atoms with Crippen molar-refractivity contribution in [1.82, 2.24) is 14.5 Å². The number of rotatable bonds is 5. The van der Waals surface area contributed by atoms with Crippen molar-refractivity contribution in [3.05, 3.63) is 36.9 Å². The summed E-state index contributed by atoms with van der Waals surface area (Å²) in [4.78, 5) is 8.35. The van der Waals surface area contributed by atoms with Gasteiger partial charge in [0.1, 0.15) is 0 Å². The van der Waals surface area contributed by atoms with E-state index in [0.29, 0.717) is 0 Å². The van der Waals surface area contributed by atoms with Crippen molar-refractivity contribution in [1.29, 1.82) is 0 Å². The fourth-order valence-electron chi connectivity index (χ4n) is 1.51. The molecule has 84 valence electrons. The van der Waals surface area contributed by atoms with Gasteiger partial charge in [0.2, 0.25) is 5.95 Å². The highest BCUT2D eigenvalue weighted by atomic mass is 15.2. The molecule has 0 aliphatic carbocycles. The predicted octanol–water partition coefficient (Wildman–Crippen LogP) is 2.82. The van der Waals surface area contributed by atoms with Crippen LogP contribution in [0.15, 0.2) is 36.9 Å². The number of hydrogen-bond acceptors (Lipinski definition) is 3. The Bertz CT molecular complexity index is 422. The highest BCUT2D eigenvalue weighted by Crippen LogP contribution is 2.13. The minimum absolute atomic E-state index is 0.876. The zero-order valence-electron chi connectivity index (χ0n) is 9.43. The van der Waals surface area contributed by atoms with E-state index in [0.717, 1.165) is 24.6 Å². The summed E-state index contributed by atoms with van der Waals surface area (Å²) in [5, 5.41) is 3.25. The van der Waals surface area contributed by atoms with Gasteiger partial charge in [-0.25, -0.2) is 4.98 Å². The van der Waals surface area contributed by atoms with Crippen molar-refractivity contribution >= 4 is 11.6 Å². The number of nitrogens with zero attached hydrogens (tertiary/aromatic N) is 3. The van der Waals surface area contributed by atoms with E-state index in [9.17, 15) is 0 Å². The van der Waals surface area contributed by atoms with Crippen molar-refractivity contribution in [3.8, 4) is 0 Å². The van der Waals surface area contributed by atoms with Crippen LogP contribution < -0.4 is 5.32 Å². The van der Waals surface area contributed by atoms with Crippen LogP contribution in [0.5, 0.6) is 0 Å². The number of imidazole rings is 1. The lowest BCUT2D eigenvalue weighted by molar-refractivity contribution is 0.638. The van der Waals surface area contributed by atoms with E-state index in [1.165, 1.54) is 6.42 Å². The van der Waals surface area contributed by atoms with Crippen LogP contribution in [0.25, 0.3) is 0 Å². The van der Waals surface area contributed by atoms with E-state index in [2.05, 4.69) is 26.8 Å². The van der Waals surface area contributed by atoms with Crippen LogP contribution in [0.3, 0.4) is 0 Å². The Hall–Kier alpha value is -1.84. The molecule has 0 amide bonds. The summed E-state index contributed by atoms with van der Waals surface area (Å²) in [6.07, 6.45) is 9.71. The second kappa shape index (κ2) is 5.30. The third kappa shape index (κ3) is 2.59. The molecule has 4 heteroatoms. The molecule has 0 aliphatic heterocycles. The Morgan fingerprint density at radius 2 is 2.31 bits per heavy atom. The largest absolute Gasteiger partial charge is 0.324 e. The minimum atomic E-state index is 0.876. The fraction of sp³-hybridized carbons (Fsp3) is 0.333. The Labute approximate surface area is 95.4 Å². The maximum Gasteiger partial charge on any atom is 0.207 e. The zero-order chi connectivity index (χ0) is 11.2. The number of pyridine rings is 1. The van der Waals surface area contributed by atoms with Crippen LogP contribution in [0, 0.1) is 0 Å². The molecule has 0 saturated carbocycles. The van der Waals surface area contributed by atoms with E-state index < -0.39 is 0 Å². The van der Waals surface area contributed by atoms with E-state index in [4.69, 9.17) is 0 Å². The van der Waals surface area contributed by atoms with E-state index >= 15 is 0 Å². The van der Waals surface area contributed by atoms with Crippen LogP contribution in [-0.2, 0) is 6.54 Å². The molecule has 0 aliphatic rings. The first kappa shape index (κ1) is 10.7. The average molecular weight is 216 g/mol. The molecule has 0 spiro atoms. The number of nitrogens with one attached hydrogen (secondary N) is 1. The second-order valence-corrected chi connectivity index (χ2v) is 3.66. The van der Waals surface area contributed by atoms with Gasteiger partial charge in [0.15, 0.2) is 0 Å². The van der Waals surface area contributed by atoms with E-state index in [1.807, 2.05) is 24.5 Å². The van der Waals surface area contributed by atoms with Gasteiger partial charge in [0.25, 0.3) is 0 Å². The monoisotopic (exact) mass is 216 g/mol. The van der Waals surface area contributed by atoms with Crippen LogP contribution in [0.4, 0.5) is 11.6 Å². The molecule has 0 atom stereocenters. The van der Waals surface area contributed by atoms with Gasteiger partial charge >= 0.3 is 0 Å². The van der Waals surface area contributed by atoms with Crippen LogP contribution in [-0.4, -0.2) is 14.5 Å². The Kier molecular flexibility index (Phi) is 3.53. The Morgan fingerprint density at radius 1 is 1.38 bits per heavy atom. The van der Waals surface area contributed by atoms with Crippen LogP contribution in [0.2, 0.25) is 0 Å². The summed E-state index contributed by atoms with van der Waals surface area (Å²) in [6, 6.07) is 3.88. The molecule has 0 fully saturated rings. The maximum absolute atomic E-state index is 4.29. The van der Waals surface area contributed by atoms with Gasteiger partial charge in [-0.2, -0.15) is 0 Å². The summed E-state index contributed by atoms with van der Waals surface area (Å²) in [6.45, 7) is 3.18. The van der Waals surface area contributed by atoms with E-state index in [-0.39, 0.29) is 0 Å². The summed E-state index contributed by atoms with van der Waals surface area (Å²) >= 11 is 0. The lowest BCUT2D eigenvalue weighted by atomic mass is 10.3. The number of hydrogen-bond donors (Lipinski definition) is 1. The number of anilines is 2. The third-order valence-corrected chi connectivity index (χ3v) is 2.39. The lowest BCUT2D eigenvalue weighted by Gasteiger charge is -2.08. The molecular formula is C12H16N4. The molecule has 0 aromatic carbocycles. The smallest absolute Gasteiger partial charge is 0.207 e. The van der Waals surface area contributed by atoms with Gasteiger partial charge in [0, 0.05) is 25.1 Å². The zero-order valence-corrected chi connectivity index (χ0v) is 9.43. The van der Waals surface area contributed by atoms with Crippen molar-refractivity contribution < 1.29 is 0 Å². The second-order valence-electron chi connectivity index (χ2n) is 3.66. The summed E-state index contributed by atoms with van der Waals surface area (Å²) in [7, 11) is 0. The highest BCUT2D eigenvalue weighted by Gasteiger charge is 2.01. The van der Waals surface area contributed by atoms with Gasteiger partial charge in [-0.3, -0.25) is 4.98 Å². The maximum atomic E-state index is 4.29. The summed E-state index contributed by atoms with van der Waals surface area (Å²) in [5.41, 5.74) is 0.964. The molecule has 16 heavy (non-hydrogen) atoms. The summed E-state index contributed by atoms with van der Waals surface area (Å²) in [5.74, 6) is 0.876. The van der Waals surface area contributed by atoms with Crippen molar-refractivity contribution in [2.75, 3.05) is 5.32 Å². The van der Waals surface area contributed by atoms with Crippen molar-refractivity contribution in [2.24, 2.45) is 0 Å². The van der Waals surface area contributed by atoms with Crippen LogP contribution in [0.1, 0.15) is 19.8 Å². The lowest BCUT2D eigenvalue weighted by Crippen LogP contribution is -2.03. The first-order chi connectivity index (χ1) is 7.90. The molecule has 0 saturated heterocycles. The third-order valence-electron chi connectivity index (χ3n) is 2.39. The van der Waals surface area contributed by atoms with Gasteiger partial charge in [-0.15, -0.1) is 0 Å². The highest BCUT2D eigenvalue weighted by molar-refractivity contribution is 5.51. The molecule has 2 rings (SSSR count). The summed E-state index contributed by atoms with van der Waals surface area (Å²) < 4.78 is 2.12. The van der Waals surface area contributed by atoms with Gasteiger partial charge in [-0.05, 0) is 18.6 Å². The molecular weight excluding hydrogens is 200 g/mol. The standard InChI is InChI=1S/C12H16N4/c1-2-3-8-16-9-7-14-12(16)15-11-5-4-6-13-10-11/h4-7,9-10H,2-3,8H2,1H3,(H,14,15). The molecule has 4 nitrogen and oxygen atoms in total. The quantitative estimate of drug-likeness (QED) is 0.835. The topological polar surface area (TPSA) is 42.7 Å².